The minimum absolute atomic E-state index is 0.211. The van der Waals surface area contributed by atoms with E-state index in [4.69, 9.17) is 16.3 Å². The summed E-state index contributed by atoms with van der Waals surface area (Å²) in [5.74, 6) is -1.84. The number of barbiturate groups is 1. The molecule has 0 bridgehead atoms. The van der Waals surface area contributed by atoms with Crippen LogP contribution < -0.4 is 19.9 Å². The van der Waals surface area contributed by atoms with Crippen molar-refractivity contribution in [3.63, 3.8) is 0 Å². The topological polar surface area (TPSA) is 96.0 Å². The van der Waals surface area contributed by atoms with Crippen molar-refractivity contribution >= 4 is 90.4 Å². The van der Waals surface area contributed by atoms with Gasteiger partial charge in [-0.25, -0.2) is 14.6 Å². The lowest BCUT2D eigenvalue weighted by atomic mass is 10.0. The van der Waals surface area contributed by atoms with E-state index in [0.29, 0.717) is 36.6 Å². The Hall–Kier alpha value is -4.25. The lowest BCUT2D eigenvalue weighted by molar-refractivity contribution is -0.121. The summed E-state index contributed by atoms with van der Waals surface area (Å²) < 4.78 is 6.97. The SMILES string of the molecule is Cc1ccc(NC(=O)COc2c(Br)cc(Br)cc2C=C2C(=O)N(c3ccccc3)C(=O)N(c3ccccc3)C2=O)cc1Cl. The summed E-state index contributed by atoms with van der Waals surface area (Å²) in [4.78, 5) is 55.8. The summed E-state index contributed by atoms with van der Waals surface area (Å²) in [7, 11) is 0. The number of aryl methyl sites for hydroxylation is 1. The number of amides is 5. The van der Waals surface area contributed by atoms with Crippen LogP contribution in [0.15, 0.2) is 106 Å². The Labute approximate surface area is 269 Å². The zero-order chi connectivity index (χ0) is 30.7. The monoisotopic (exact) mass is 721 g/mol. The molecular formula is C32H22Br2ClN3O5. The zero-order valence-corrected chi connectivity index (χ0v) is 26.4. The molecule has 1 N–H and O–H groups in total. The number of imide groups is 2. The van der Waals surface area contributed by atoms with Gasteiger partial charge in [0, 0.05) is 20.7 Å². The first-order chi connectivity index (χ1) is 20.6. The van der Waals surface area contributed by atoms with Crippen molar-refractivity contribution in [1.29, 1.82) is 0 Å². The molecule has 43 heavy (non-hydrogen) atoms. The predicted octanol–water partition coefficient (Wildman–Crippen LogP) is 7.77. The molecule has 0 aliphatic carbocycles. The van der Waals surface area contributed by atoms with Crippen LogP contribution in [-0.2, 0) is 14.4 Å². The van der Waals surface area contributed by atoms with Crippen molar-refractivity contribution in [3.05, 3.63) is 122 Å². The van der Waals surface area contributed by atoms with Gasteiger partial charge in [-0.3, -0.25) is 14.4 Å². The van der Waals surface area contributed by atoms with Crippen LogP contribution in [0.5, 0.6) is 5.75 Å². The lowest BCUT2D eigenvalue weighted by Crippen LogP contribution is -2.57. The van der Waals surface area contributed by atoms with E-state index in [2.05, 4.69) is 37.2 Å². The van der Waals surface area contributed by atoms with Crippen LogP contribution in [-0.4, -0.2) is 30.4 Å². The average molecular weight is 724 g/mol. The standard InChI is InChI=1S/C32H22Br2ClN3O5/c1-19-12-13-22(17-27(19)35)36-28(39)18-43-29-20(14-21(33)16-26(29)34)15-25-30(40)37(23-8-4-2-5-9-23)32(42)38(31(25)41)24-10-6-3-7-11-24/h2-17H,18H2,1H3,(H,36,39). The van der Waals surface area contributed by atoms with E-state index >= 15 is 0 Å². The maximum absolute atomic E-state index is 13.8. The normalized spacial score (nSPS) is 13.3. The lowest BCUT2D eigenvalue weighted by Gasteiger charge is -2.34. The Kier molecular flexibility index (Phi) is 9.10. The van der Waals surface area contributed by atoms with Gasteiger partial charge in [-0.1, -0.05) is 70.0 Å². The molecule has 0 aromatic heterocycles. The number of carbonyl (C=O) groups excluding carboxylic acids is 4. The van der Waals surface area contributed by atoms with Gasteiger partial charge in [0.1, 0.15) is 11.3 Å². The van der Waals surface area contributed by atoms with Gasteiger partial charge in [-0.05, 0) is 83.0 Å². The van der Waals surface area contributed by atoms with Gasteiger partial charge in [0.15, 0.2) is 6.61 Å². The van der Waals surface area contributed by atoms with E-state index < -0.39 is 23.8 Å². The van der Waals surface area contributed by atoms with Gasteiger partial charge in [0.05, 0.1) is 15.8 Å². The summed E-state index contributed by atoms with van der Waals surface area (Å²) >= 11 is 13.1. The van der Waals surface area contributed by atoms with Crippen molar-refractivity contribution < 1.29 is 23.9 Å². The van der Waals surface area contributed by atoms with Crippen LogP contribution in [0, 0.1) is 6.92 Å². The van der Waals surface area contributed by atoms with Crippen LogP contribution in [0.3, 0.4) is 0 Å². The summed E-state index contributed by atoms with van der Waals surface area (Å²) in [6.07, 6.45) is 1.35. The molecule has 0 radical (unpaired) electrons. The molecule has 0 saturated carbocycles. The molecule has 0 spiro atoms. The fourth-order valence-electron chi connectivity index (χ4n) is 4.34. The molecule has 0 atom stereocenters. The minimum atomic E-state index is -0.802. The van der Waals surface area contributed by atoms with Crippen LogP contribution >= 0.6 is 43.5 Å². The van der Waals surface area contributed by atoms with Crippen molar-refractivity contribution in [2.45, 2.75) is 6.92 Å². The Morgan fingerprint density at radius 1 is 0.860 bits per heavy atom. The fourth-order valence-corrected chi connectivity index (χ4v) is 5.89. The predicted molar refractivity (Wildman–Crippen MR) is 173 cm³/mol. The Balaban J connectivity index is 1.51. The molecule has 1 aliphatic rings. The third kappa shape index (κ3) is 6.56. The van der Waals surface area contributed by atoms with E-state index in [1.54, 1.807) is 91.0 Å². The molecule has 1 saturated heterocycles. The van der Waals surface area contributed by atoms with E-state index in [-0.39, 0.29) is 17.9 Å². The Morgan fingerprint density at radius 3 is 2.00 bits per heavy atom. The first kappa shape index (κ1) is 30.2. The molecule has 4 aromatic rings. The number of hydrogen-bond donors (Lipinski definition) is 1. The van der Waals surface area contributed by atoms with Gasteiger partial charge in [-0.15, -0.1) is 0 Å². The summed E-state index contributed by atoms with van der Waals surface area (Å²) in [6, 6.07) is 24.4. The number of hydrogen-bond acceptors (Lipinski definition) is 5. The highest BCUT2D eigenvalue weighted by Gasteiger charge is 2.43. The van der Waals surface area contributed by atoms with Gasteiger partial charge in [0.2, 0.25) is 0 Å². The second kappa shape index (κ2) is 12.9. The maximum Gasteiger partial charge on any atom is 0.343 e. The van der Waals surface area contributed by atoms with Gasteiger partial charge >= 0.3 is 6.03 Å². The molecular weight excluding hydrogens is 702 g/mol. The molecule has 0 unspecified atom stereocenters. The molecule has 1 aliphatic heterocycles. The van der Waals surface area contributed by atoms with Crippen molar-refractivity contribution in [1.82, 2.24) is 0 Å². The Morgan fingerprint density at radius 2 is 1.44 bits per heavy atom. The number of ether oxygens (including phenoxy) is 1. The van der Waals surface area contributed by atoms with Crippen LogP contribution in [0.4, 0.5) is 21.9 Å². The number of nitrogens with one attached hydrogen (secondary N) is 1. The van der Waals surface area contributed by atoms with Gasteiger partial charge < -0.3 is 10.1 Å². The second-order valence-electron chi connectivity index (χ2n) is 9.40. The summed E-state index contributed by atoms with van der Waals surface area (Å²) in [5, 5.41) is 3.24. The number of para-hydroxylation sites is 2. The smallest absolute Gasteiger partial charge is 0.343 e. The maximum atomic E-state index is 13.8. The van der Waals surface area contributed by atoms with Crippen LogP contribution in [0.2, 0.25) is 5.02 Å². The highest BCUT2D eigenvalue weighted by atomic mass is 79.9. The van der Waals surface area contributed by atoms with Crippen molar-refractivity contribution in [3.8, 4) is 5.75 Å². The summed E-state index contributed by atoms with van der Waals surface area (Å²) in [6.45, 7) is 1.47. The molecule has 4 aromatic carbocycles. The van der Waals surface area contributed by atoms with Crippen LogP contribution in [0.1, 0.15) is 11.1 Å². The Bertz CT molecular complexity index is 1720. The molecule has 1 fully saturated rings. The zero-order valence-electron chi connectivity index (χ0n) is 22.5. The number of nitrogens with zero attached hydrogens (tertiary/aromatic N) is 2. The van der Waals surface area contributed by atoms with Gasteiger partial charge in [0.25, 0.3) is 17.7 Å². The second-order valence-corrected chi connectivity index (χ2v) is 11.6. The van der Waals surface area contributed by atoms with E-state index in [1.165, 1.54) is 6.08 Å². The van der Waals surface area contributed by atoms with Crippen molar-refractivity contribution in [2.24, 2.45) is 0 Å². The number of urea groups is 1. The largest absolute Gasteiger partial charge is 0.482 e. The molecule has 5 rings (SSSR count). The van der Waals surface area contributed by atoms with Crippen molar-refractivity contribution in [2.75, 3.05) is 21.7 Å². The number of carbonyl (C=O) groups is 4. The first-order valence-electron chi connectivity index (χ1n) is 12.9. The highest BCUT2D eigenvalue weighted by Crippen LogP contribution is 2.36. The van der Waals surface area contributed by atoms with E-state index in [0.717, 1.165) is 15.4 Å². The van der Waals surface area contributed by atoms with Gasteiger partial charge in [-0.2, -0.15) is 0 Å². The molecule has 216 valence electrons. The number of rotatable bonds is 7. The third-order valence-electron chi connectivity index (χ3n) is 6.42. The molecule has 11 heteroatoms. The molecule has 5 amide bonds. The summed E-state index contributed by atoms with van der Waals surface area (Å²) in [5.41, 5.74) is 2.03. The molecule has 1 heterocycles. The minimum Gasteiger partial charge on any atom is -0.482 e. The average Bonchev–Trinajstić information content (AvgIpc) is 2.98. The first-order valence-corrected chi connectivity index (χ1v) is 14.8. The van der Waals surface area contributed by atoms with E-state index in [1.807, 2.05) is 6.92 Å². The number of anilines is 3. The number of halogens is 3. The van der Waals surface area contributed by atoms with Crippen LogP contribution in [0.25, 0.3) is 6.08 Å². The highest BCUT2D eigenvalue weighted by molar-refractivity contribution is 9.11. The molecule has 8 nitrogen and oxygen atoms in total. The van der Waals surface area contributed by atoms with E-state index in [9.17, 15) is 19.2 Å². The fraction of sp³-hybridized carbons (Fsp3) is 0.0625. The quantitative estimate of drug-likeness (QED) is 0.155. The number of benzene rings is 4. The third-order valence-corrected chi connectivity index (χ3v) is 7.87.